The lowest BCUT2D eigenvalue weighted by atomic mass is 10.1. The monoisotopic (exact) mass is 482 g/mol. The van der Waals surface area contributed by atoms with Crippen molar-refractivity contribution in [2.45, 2.75) is 26.7 Å². The van der Waals surface area contributed by atoms with Crippen LogP contribution in [0.1, 0.15) is 29.8 Å². The number of ether oxygens (including phenoxy) is 1. The largest absolute Gasteiger partial charge is 0.495 e. The van der Waals surface area contributed by atoms with Crippen LogP contribution in [0.15, 0.2) is 29.8 Å². The molecule has 1 N–H and O–H groups in total. The molecule has 1 saturated heterocycles. The van der Waals surface area contributed by atoms with Crippen molar-refractivity contribution in [3.8, 4) is 17.5 Å². The van der Waals surface area contributed by atoms with Crippen molar-refractivity contribution < 1.29 is 9.53 Å². The summed E-state index contributed by atoms with van der Waals surface area (Å²) in [6.07, 6.45) is 3.83. The lowest BCUT2D eigenvalue weighted by molar-refractivity contribution is -0.112. The van der Waals surface area contributed by atoms with Gasteiger partial charge in [-0.2, -0.15) is 5.26 Å². The van der Waals surface area contributed by atoms with Gasteiger partial charge >= 0.3 is 0 Å². The van der Waals surface area contributed by atoms with Gasteiger partial charge < -0.3 is 14.2 Å². The molecule has 1 aliphatic rings. The zero-order valence-electron chi connectivity index (χ0n) is 18.6. The average Bonchev–Trinajstić information content (AvgIpc) is 3.53. The summed E-state index contributed by atoms with van der Waals surface area (Å²) < 4.78 is 7.48. The lowest BCUT2D eigenvalue weighted by Gasteiger charge is -2.14. The Hall–Kier alpha value is -3.35. The molecule has 10 heteroatoms. The predicted molar refractivity (Wildman–Crippen MR) is 130 cm³/mol. The Bertz CT molecular complexity index is 1270. The number of aryl methyl sites for hydroxylation is 1. The molecule has 1 fully saturated rings. The first-order valence-corrected chi connectivity index (χ1v) is 11.6. The third-order valence-electron chi connectivity index (χ3n) is 5.53. The van der Waals surface area contributed by atoms with E-state index in [-0.39, 0.29) is 5.57 Å². The highest BCUT2D eigenvalue weighted by molar-refractivity contribution is 7.19. The van der Waals surface area contributed by atoms with Crippen LogP contribution in [0.2, 0.25) is 5.02 Å². The molecule has 8 nitrogen and oxygen atoms in total. The quantitative estimate of drug-likeness (QED) is 0.402. The predicted octanol–water partition coefficient (Wildman–Crippen LogP) is 4.75. The number of methoxy groups -OCH3 is 1. The number of nitrogens with zero attached hydrogens (tertiary/aromatic N) is 5. The topological polar surface area (TPSA) is 96.1 Å². The summed E-state index contributed by atoms with van der Waals surface area (Å²) in [5.74, 6) is 0.145. The molecule has 33 heavy (non-hydrogen) atoms. The summed E-state index contributed by atoms with van der Waals surface area (Å²) in [7, 11) is 1.60. The van der Waals surface area contributed by atoms with Crippen LogP contribution in [-0.4, -0.2) is 40.9 Å². The van der Waals surface area contributed by atoms with Crippen molar-refractivity contribution in [3.63, 3.8) is 0 Å². The van der Waals surface area contributed by atoms with Crippen molar-refractivity contribution in [3.05, 3.63) is 51.8 Å². The first kappa shape index (κ1) is 22.8. The molecule has 0 spiro atoms. The minimum atomic E-state index is -0.522. The summed E-state index contributed by atoms with van der Waals surface area (Å²) in [5, 5.41) is 22.3. The van der Waals surface area contributed by atoms with Crippen LogP contribution in [0.5, 0.6) is 5.75 Å². The Balaban J connectivity index is 1.60. The molecule has 3 aromatic rings. The standard InChI is InChI=1S/C23H23ClN6O2S/c1-14-10-16(15(2)30(14)19-12-18(24)6-7-20(19)32-3)11-17(13-25)21(31)26-22-27-28-23(33-22)29-8-4-5-9-29/h6-7,10-12H,4-5,8-9H2,1-3H3,(H,26,27,31)/b17-11-. The minimum absolute atomic E-state index is 0.0220. The smallest absolute Gasteiger partial charge is 0.268 e. The molecule has 0 radical (unpaired) electrons. The highest BCUT2D eigenvalue weighted by atomic mass is 35.5. The summed E-state index contributed by atoms with van der Waals surface area (Å²) >= 11 is 7.52. The third-order valence-corrected chi connectivity index (χ3v) is 6.66. The van der Waals surface area contributed by atoms with E-state index in [1.807, 2.05) is 36.6 Å². The first-order chi connectivity index (χ1) is 15.9. The zero-order valence-corrected chi connectivity index (χ0v) is 20.1. The highest BCUT2D eigenvalue weighted by Crippen LogP contribution is 2.32. The van der Waals surface area contributed by atoms with Gasteiger partial charge in [0.1, 0.15) is 17.4 Å². The Morgan fingerprint density at radius 3 is 2.73 bits per heavy atom. The van der Waals surface area contributed by atoms with Gasteiger partial charge in [0.25, 0.3) is 5.91 Å². The Labute approximate surface area is 201 Å². The van der Waals surface area contributed by atoms with Crippen LogP contribution < -0.4 is 15.0 Å². The maximum Gasteiger partial charge on any atom is 0.268 e. The van der Waals surface area contributed by atoms with Crippen molar-refractivity contribution in [2.24, 2.45) is 0 Å². The summed E-state index contributed by atoms with van der Waals surface area (Å²) in [6.45, 7) is 5.75. The molecule has 170 valence electrons. The number of nitrogens with one attached hydrogen (secondary N) is 1. The second-order valence-electron chi connectivity index (χ2n) is 7.69. The molecule has 0 bridgehead atoms. The van der Waals surface area contributed by atoms with Crippen LogP contribution in [-0.2, 0) is 4.79 Å². The fraction of sp³-hybridized carbons (Fsp3) is 0.304. The average molecular weight is 483 g/mol. The van der Waals surface area contributed by atoms with Crippen LogP contribution in [0.25, 0.3) is 11.8 Å². The van der Waals surface area contributed by atoms with E-state index in [1.54, 1.807) is 25.3 Å². The number of benzene rings is 1. The van der Waals surface area contributed by atoms with E-state index >= 15 is 0 Å². The molecule has 3 heterocycles. The minimum Gasteiger partial charge on any atom is -0.495 e. The maximum absolute atomic E-state index is 12.8. The Morgan fingerprint density at radius 1 is 1.27 bits per heavy atom. The normalized spacial score (nSPS) is 13.8. The molecule has 1 aliphatic heterocycles. The number of amides is 1. The number of rotatable bonds is 6. The van der Waals surface area contributed by atoms with Gasteiger partial charge in [-0.1, -0.05) is 22.9 Å². The number of halogens is 1. The van der Waals surface area contributed by atoms with Crippen LogP contribution in [0.4, 0.5) is 10.3 Å². The highest BCUT2D eigenvalue weighted by Gasteiger charge is 2.20. The van der Waals surface area contributed by atoms with Gasteiger partial charge in [-0.25, -0.2) is 0 Å². The van der Waals surface area contributed by atoms with Gasteiger partial charge in [0.2, 0.25) is 10.3 Å². The second-order valence-corrected chi connectivity index (χ2v) is 9.08. The summed E-state index contributed by atoms with van der Waals surface area (Å²) in [6, 6.07) is 9.30. The number of hydrogen-bond donors (Lipinski definition) is 1. The molecule has 0 unspecified atom stereocenters. The van der Waals surface area contributed by atoms with Gasteiger partial charge in [0.05, 0.1) is 12.8 Å². The first-order valence-electron chi connectivity index (χ1n) is 10.5. The van der Waals surface area contributed by atoms with Crippen molar-refractivity contribution >= 4 is 45.2 Å². The number of aromatic nitrogens is 3. The van der Waals surface area contributed by atoms with Crippen LogP contribution in [0.3, 0.4) is 0 Å². The SMILES string of the molecule is COc1ccc(Cl)cc1-n1c(C)cc(/C=C(/C#N)C(=O)Nc2nnc(N3CCCC3)s2)c1C. The molecule has 1 amide bonds. The number of hydrogen-bond acceptors (Lipinski definition) is 7. The Kier molecular flexibility index (Phi) is 6.67. The molecular formula is C23H23ClN6O2S. The van der Waals surface area contributed by atoms with E-state index in [1.165, 1.54) is 11.3 Å². The van der Waals surface area contributed by atoms with Gasteiger partial charge in [-0.05, 0) is 62.6 Å². The van der Waals surface area contributed by atoms with Crippen molar-refractivity contribution in [1.29, 1.82) is 5.26 Å². The van der Waals surface area contributed by atoms with Crippen LogP contribution in [0, 0.1) is 25.2 Å². The fourth-order valence-electron chi connectivity index (χ4n) is 3.91. The molecule has 1 aromatic carbocycles. The third kappa shape index (κ3) is 4.72. The van der Waals surface area contributed by atoms with E-state index in [0.717, 1.165) is 53.7 Å². The Morgan fingerprint density at radius 2 is 2.03 bits per heavy atom. The van der Waals surface area contributed by atoms with Gasteiger partial charge in [0, 0.05) is 29.5 Å². The maximum atomic E-state index is 12.8. The number of anilines is 2. The molecule has 0 atom stereocenters. The molecule has 4 rings (SSSR count). The van der Waals surface area contributed by atoms with E-state index in [0.29, 0.717) is 15.9 Å². The summed E-state index contributed by atoms with van der Waals surface area (Å²) in [5.41, 5.74) is 3.27. The lowest BCUT2D eigenvalue weighted by Crippen LogP contribution is -2.17. The molecule has 2 aromatic heterocycles. The number of carbonyl (C=O) groups is 1. The molecule has 0 saturated carbocycles. The van der Waals surface area contributed by atoms with E-state index in [9.17, 15) is 10.1 Å². The fourth-order valence-corrected chi connectivity index (χ4v) is 4.87. The summed E-state index contributed by atoms with van der Waals surface area (Å²) in [4.78, 5) is 14.9. The second kappa shape index (κ2) is 9.65. The zero-order chi connectivity index (χ0) is 23.5. The van der Waals surface area contributed by atoms with Gasteiger partial charge in [0.15, 0.2) is 0 Å². The molecular weight excluding hydrogens is 460 g/mol. The van der Waals surface area contributed by atoms with E-state index < -0.39 is 5.91 Å². The van der Waals surface area contributed by atoms with Crippen molar-refractivity contribution in [2.75, 3.05) is 30.4 Å². The number of carbonyl (C=O) groups excluding carboxylic acids is 1. The van der Waals surface area contributed by atoms with Gasteiger partial charge in [-0.15, -0.1) is 10.2 Å². The molecule has 0 aliphatic carbocycles. The van der Waals surface area contributed by atoms with E-state index in [4.69, 9.17) is 16.3 Å². The van der Waals surface area contributed by atoms with E-state index in [2.05, 4.69) is 20.4 Å². The number of nitriles is 1. The van der Waals surface area contributed by atoms with Gasteiger partial charge in [-0.3, -0.25) is 10.1 Å². The van der Waals surface area contributed by atoms with Crippen LogP contribution >= 0.6 is 22.9 Å². The van der Waals surface area contributed by atoms with Crippen molar-refractivity contribution in [1.82, 2.24) is 14.8 Å².